The molecule has 7 heteroatoms. The minimum Gasteiger partial charge on any atom is -0.392 e. The van der Waals surface area contributed by atoms with E-state index in [4.69, 9.17) is 28.3 Å². The summed E-state index contributed by atoms with van der Waals surface area (Å²) in [6.45, 7) is 3.10. The average molecular weight is 298 g/mol. The number of sulfonamides is 1. The maximum atomic E-state index is 11.9. The van der Waals surface area contributed by atoms with Gasteiger partial charge in [0.05, 0.1) is 11.1 Å². The first-order chi connectivity index (χ1) is 7.74. The number of aliphatic hydroxyl groups excluding tert-OH is 1. The Kier molecular flexibility index (Phi) is 4.80. The molecule has 0 aromatic heterocycles. The van der Waals surface area contributed by atoms with Crippen molar-refractivity contribution in [2.24, 2.45) is 0 Å². The Morgan fingerprint density at radius 2 is 1.94 bits per heavy atom. The SMILES string of the molecule is Cc1cc(S(=O)(=O)NC[C@H](C)O)c(Cl)cc1Cl. The molecule has 0 amide bonds. The van der Waals surface area contributed by atoms with Crippen molar-refractivity contribution in [2.75, 3.05) is 6.54 Å². The summed E-state index contributed by atoms with van der Waals surface area (Å²) in [5.74, 6) is 0. The van der Waals surface area contributed by atoms with Crippen LogP contribution in [0.3, 0.4) is 0 Å². The van der Waals surface area contributed by atoms with Gasteiger partial charge in [-0.2, -0.15) is 0 Å². The summed E-state index contributed by atoms with van der Waals surface area (Å²) in [4.78, 5) is -0.0401. The fourth-order valence-corrected chi connectivity index (χ4v) is 3.10. The summed E-state index contributed by atoms with van der Waals surface area (Å²) in [6, 6.07) is 2.78. The summed E-state index contributed by atoms with van der Waals surface area (Å²) in [6.07, 6.45) is -0.767. The van der Waals surface area contributed by atoms with Crippen molar-refractivity contribution in [3.05, 3.63) is 27.7 Å². The number of aliphatic hydroxyl groups is 1. The van der Waals surface area contributed by atoms with E-state index in [1.54, 1.807) is 6.92 Å². The molecule has 0 unspecified atom stereocenters. The lowest BCUT2D eigenvalue weighted by Gasteiger charge is -2.11. The van der Waals surface area contributed by atoms with E-state index in [1.165, 1.54) is 19.1 Å². The van der Waals surface area contributed by atoms with Crippen molar-refractivity contribution >= 4 is 33.2 Å². The minimum atomic E-state index is -3.73. The van der Waals surface area contributed by atoms with Gasteiger partial charge in [0.15, 0.2) is 0 Å². The lowest BCUT2D eigenvalue weighted by molar-refractivity contribution is 0.198. The molecule has 0 spiro atoms. The summed E-state index contributed by atoms with van der Waals surface area (Å²) in [7, 11) is -3.73. The monoisotopic (exact) mass is 297 g/mol. The highest BCUT2D eigenvalue weighted by molar-refractivity contribution is 7.89. The molecule has 0 fully saturated rings. The molecule has 1 aromatic carbocycles. The Bertz CT molecular complexity index is 515. The van der Waals surface area contributed by atoms with Crippen LogP contribution in [0.2, 0.25) is 10.0 Å². The highest BCUT2D eigenvalue weighted by atomic mass is 35.5. The van der Waals surface area contributed by atoms with Gasteiger partial charge >= 0.3 is 0 Å². The molecule has 1 aromatic rings. The number of hydrogen-bond acceptors (Lipinski definition) is 3. The number of aryl methyl sites for hydroxylation is 1. The Morgan fingerprint density at radius 3 is 2.47 bits per heavy atom. The molecule has 4 nitrogen and oxygen atoms in total. The maximum Gasteiger partial charge on any atom is 0.242 e. The molecule has 0 aliphatic heterocycles. The minimum absolute atomic E-state index is 0.0401. The zero-order chi connectivity index (χ0) is 13.2. The standard InChI is InChI=1S/C10H13Cl2NO3S/c1-6-3-10(9(12)4-8(6)11)17(15,16)13-5-7(2)14/h3-4,7,13-14H,5H2,1-2H3/t7-/m0/s1. The molecular formula is C10H13Cl2NO3S. The predicted octanol–water partition coefficient (Wildman–Crippen LogP) is 1.96. The van der Waals surface area contributed by atoms with E-state index in [1.807, 2.05) is 0 Å². The molecule has 0 radical (unpaired) electrons. The van der Waals surface area contributed by atoms with Gasteiger partial charge in [-0.3, -0.25) is 0 Å². The second-order valence-electron chi connectivity index (χ2n) is 3.73. The average Bonchev–Trinajstić information content (AvgIpc) is 2.20. The van der Waals surface area contributed by atoms with E-state index in [0.29, 0.717) is 10.6 Å². The second kappa shape index (κ2) is 5.54. The van der Waals surface area contributed by atoms with Crippen LogP contribution >= 0.6 is 23.2 Å². The smallest absolute Gasteiger partial charge is 0.242 e. The molecule has 0 heterocycles. The first-order valence-electron chi connectivity index (χ1n) is 4.87. The van der Waals surface area contributed by atoms with Crippen LogP contribution in [0.25, 0.3) is 0 Å². The normalized spacial score (nSPS) is 13.7. The van der Waals surface area contributed by atoms with Crippen LogP contribution in [0, 0.1) is 6.92 Å². The van der Waals surface area contributed by atoms with Crippen LogP contribution in [-0.4, -0.2) is 26.2 Å². The largest absolute Gasteiger partial charge is 0.392 e. The van der Waals surface area contributed by atoms with Gasteiger partial charge in [0.25, 0.3) is 0 Å². The lowest BCUT2D eigenvalue weighted by atomic mass is 10.2. The quantitative estimate of drug-likeness (QED) is 0.893. The summed E-state index contributed by atoms with van der Waals surface area (Å²) in [5.41, 5.74) is 0.619. The molecule has 1 atom stereocenters. The third kappa shape index (κ3) is 3.82. The first-order valence-corrected chi connectivity index (χ1v) is 7.11. The zero-order valence-corrected chi connectivity index (χ0v) is 11.7. The van der Waals surface area contributed by atoms with Gasteiger partial charge in [0, 0.05) is 11.6 Å². The van der Waals surface area contributed by atoms with Gasteiger partial charge in [0.1, 0.15) is 4.90 Å². The van der Waals surface area contributed by atoms with Gasteiger partial charge in [-0.05, 0) is 31.5 Å². The van der Waals surface area contributed by atoms with Gasteiger partial charge in [0.2, 0.25) is 10.0 Å². The van der Waals surface area contributed by atoms with Crippen molar-refractivity contribution in [3.63, 3.8) is 0 Å². The van der Waals surface area contributed by atoms with E-state index < -0.39 is 16.1 Å². The Morgan fingerprint density at radius 1 is 1.35 bits per heavy atom. The Hall–Kier alpha value is -0.330. The molecule has 0 saturated heterocycles. The molecule has 0 saturated carbocycles. The Labute approximate surface area is 111 Å². The zero-order valence-electron chi connectivity index (χ0n) is 9.37. The molecule has 0 bridgehead atoms. The number of halogens is 2. The third-order valence-electron chi connectivity index (χ3n) is 2.07. The van der Waals surface area contributed by atoms with E-state index in [2.05, 4.69) is 4.72 Å². The van der Waals surface area contributed by atoms with Crippen LogP contribution in [0.5, 0.6) is 0 Å². The first kappa shape index (κ1) is 14.7. The highest BCUT2D eigenvalue weighted by Crippen LogP contribution is 2.27. The summed E-state index contributed by atoms with van der Waals surface area (Å²) in [5, 5.41) is 9.51. The van der Waals surface area contributed by atoms with E-state index in [0.717, 1.165) is 0 Å². The number of nitrogens with one attached hydrogen (secondary N) is 1. The molecule has 2 N–H and O–H groups in total. The van der Waals surface area contributed by atoms with Crippen molar-refractivity contribution in [1.29, 1.82) is 0 Å². The van der Waals surface area contributed by atoms with E-state index in [9.17, 15) is 8.42 Å². The maximum absolute atomic E-state index is 11.9. The van der Waals surface area contributed by atoms with E-state index in [-0.39, 0.29) is 16.5 Å². The molecule has 0 aliphatic carbocycles. The number of hydrogen-bond donors (Lipinski definition) is 2. The molecule has 1 rings (SSSR count). The van der Waals surface area contributed by atoms with Crippen LogP contribution in [0.4, 0.5) is 0 Å². The van der Waals surface area contributed by atoms with Crippen LogP contribution in [0.15, 0.2) is 17.0 Å². The van der Waals surface area contributed by atoms with Crippen molar-refractivity contribution in [3.8, 4) is 0 Å². The third-order valence-corrected chi connectivity index (χ3v) is 4.37. The lowest BCUT2D eigenvalue weighted by Crippen LogP contribution is -2.30. The topological polar surface area (TPSA) is 66.4 Å². The summed E-state index contributed by atoms with van der Waals surface area (Å²) >= 11 is 11.7. The van der Waals surface area contributed by atoms with Gasteiger partial charge < -0.3 is 5.11 Å². The van der Waals surface area contributed by atoms with Crippen LogP contribution in [-0.2, 0) is 10.0 Å². The van der Waals surface area contributed by atoms with Crippen molar-refractivity contribution in [2.45, 2.75) is 24.8 Å². The molecule has 0 aliphatic rings. The molecular weight excluding hydrogens is 285 g/mol. The fraction of sp³-hybridized carbons (Fsp3) is 0.400. The van der Waals surface area contributed by atoms with Crippen molar-refractivity contribution in [1.82, 2.24) is 4.72 Å². The van der Waals surface area contributed by atoms with Crippen molar-refractivity contribution < 1.29 is 13.5 Å². The number of benzene rings is 1. The summed E-state index contributed by atoms with van der Waals surface area (Å²) < 4.78 is 26.0. The molecule has 17 heavy (non-hydrogen) atoms. The number of rotatable bonds is 4. The fourth-order valence-electron chi connectivity index (χ4n) is 1.14. The van der Waals surface area contributed by atoms with Gasteiger partial charge in [-0.25, -0.2) is 13.1 Å². The highest BCUT2D eigenvalue weighted by Gasteiger charge is 2.19. The van der Waals surface area contributed by atoms with Gasteiger partial charge in [-0.15, -0.1) is 0 Å². The molecule has 96 valence electrons. The van der Waals surface area contributed by atoms with Crippen LogP contribution < -0.4 is 4.72 Å². The van der Waals surface area contributed by atoms with Gasteiger partial charge in [-0.1, -0.05) is 23.2 Å². The van der Waals surface area contributed by atoms with Crippen LogP contribution in [0.1, 0.15) is 12.5 Å². The second-order valence-corrected chi connectivity index (χ2v) is 6.28. The Balaban J connectivity index is 3.11. The predicted molar refractivity (Wildman–Crippen MR) is 68.1 cm³/mol. The van der Waals surface area contributed by atoms with E-state index >= 15 is 0 Å².